The second-order valence-corrected chi connectivity index (χ2v) is 6.75. The maximum absolute atomic E-state index is 12.6. The van der Waals surface area contributed by atoms with Crippen molar-refractivity contribution in [1.29, 1.82) is 0 Å². The number of benzene rings is 2. The molecule has 5 nitrogen and oxygen atoms in total. The Labute approximate surface area is 166 Å². The predicted octanol–water partition coefficient (Wildman–Crippen LogP) is 4.18. The van der Waals surface area contributed by atoms with Gasteiger partial charge in [0.1, 0.15) is 11.3 Å². The number of likely N-dealkylation sites (N-methyl/N-ethyl adjacent to an activating group) is 1. The van der Waals surface area contributed by atoms with Crippen molar-refractivity contribution in [2.75, 3.05) is 26.7 Å². The van der Waals surface area contributed by atoms with Crippen LogP contribution in [0.1, 0.15) is 31.0 Å². The Morgan fingerprint density at radius 3 is 2.57 bits per heavy atom. The number of nitrogens with zero attached hydrogens (tertiary/aromatic N) is 1. The highest BCUT2D eigenvalue weighted by Crippen LogP contribution is 2.26. The number of rotatable bonds is 9. The molecule has 0 aliphatic carbocycles. The molecule has 2 aromatic carbocycles. The van der Waals surface area contributed by atoms with E-state index in [2.05, 4.69) is 36.2 Å². The number of methoxy groups -OCH3 is 1. The van der Waals surface area contributed by atoms with E-state index in [0.717, 1.165) is 35.4 Å². The van der Waals surface area contributed by atoms with Crippen molar-refractivity contribution in [3.05, 3.63) is 65.9 Å². The topological polar surface area (TPSA) is 54.7 Å². The summed E-state index contributed by atoms with van der Waals surface area (Å²) in [7, 11) is 1.62. The average molecular weight is 380 g/mol. The number of ether oxygens (including phenoxy) is 1. The van der Waals surface area contributed by atoms with Crippen LogP contribution in [0.15, 0.2) is 59.2 Å². The number of furan rings is 1. The molecule has 0 fully saturated rings. The molecule has 1 atom stereocenters. The maximum Gasteiger partial charge on any atom is 0.224 e. The largest absolute Gasteiger partial charge is 0.497 e. The molecule has 3 aromatic rings. The number of fused-ring (bicyclic) bond motifs is 1. The van der Waals surface area contributed by atoms with E-state index in [4.69, 9.17) is 9.15 Å². The minimum atomic E-state index is -0.00777. The molecule has 0 saturated carbocycles. The molecule has 1 aromatic heterocycles. The van der Waals surface area contributed by atoms with Gasteiger partial charge in [0.2, 0.25) is 5.91 Å². The predicted molar refractivity (Wildman–Crippen MR) is 112 cm³/mol. The second-order valence-electron chi connectivity index (χ2n) is 6.75. The molecular formula is C23H28N2O3. The zero-order valence-electron chi connectivity index (χ0n) is 16.8. The smallest absolute Gasteiger partial charge is 0.224 e. The van der Waals surface area contributed by atoms with E-state index in [1.165, 1.54) is 5.56 Å². The normalized spacial score (nSPS) is 12.3. The highest BCUT2D eigenvalue weighted by Gasteiger charge is 2.19. The number of nitrogens with one attached hydrogen (secondary N) is 1. The van der Waals surface area contributed by atoms with Crippen LogP contribution in [0.5, 0.6) is 5.75 Å². The summed E-state index contributed by atoms with van der Waals surface area (Å²) < 4.78 is 10.8. The first-order valence-corrected chi connectivity index (χ1v) is 9.76. The van der Waals surface area contributed by atoms with E-state index in [0.29, 0.717) is 13.0 Å². The van der Waals surface area contributed by atoms with Crippen LogP contribution in [0.25, 0.3) is 11.0 Å². The van der Waals surface area contributed by atoms with Crippen LogP contribution < -0.4 is 10.1 Å². The first-order valence-electron chi connectivity index (χ1n) is 9.76. The van der Waals surface area contributed by atoms with Crippen LogP contribution in [0.3, 0.4) is 0 Å². The van der Waals surface area contributed by atoms with Crippen LogP contribution in [-0.4, -0.2) is 37.6 Å². The highest BCUT2D eigenvalue weighted by atomic mass is 16.5. The second kappa shape index (κ2) is 9.42. The van der Waals surface area contributed by atoms with Gasteiger partial charge in [0.15, 0.2) is 0 Å². The van der Waals surface area contributed by atoms with Crippen molar-refractivity contribution in [3.63, 3.8) is 0 Å². The van der Waals surface area contributed by atoms with Gasteiger partial charge in [-0.05, 0) is 30.8 Å². The third kappa shape index (κ3) is 4.54. The Kier molecular flexibility index (Phi) is 6.71. The van der Waals surface area contributed by atoms with E-state index in [1.807, 2.05) is 36.4 Å². The van der Waals surface area contributed by atoms with Gasteiger partial charge < -0.3 is 14.5 Å². The van der Waals surface area contributed by atoms with Crippen molar-refractivity contribution in [2.24, 2.45) is 0 Å². The first-order chi connectivity index (χ1) is 13.7. The van der Waals surface area contributed by atoms with Crippen molar-refractivity contribution >= 4 is 16.9 Å². The van der Waals surface area contributed by atoms with Crippen molar-refractivity contribution in [3.8, 4) is 5.75 Å². The quantitative estimate of drug-likeness (QED) is 0.605. The third-order valence-electron chi connectivity index (χ3n) is 5.14. The monoisotopic (exact) mass is 380 g/mol. The fraction of sp³-hybridized carbons (Fsp3) is 0.348. The standard InChI is InChI=1S/C23H28N2O3/c1-4-25(5-2)21(17-9-7-6-8-10-17)15-24-23(26)13-18-16-28-22-14-19(27-3)11-12-20(18)22/h6-12,14,16,21H,4-5,13,15H2,1-3H3,(H,24,26)/t21-/m1/s1. The molecule has 0 aliphatic rings. The summed E-state index contributed by atoms with van der Waals surface area (Å²) in [5.41, 5.74) is 2.83. The number of carbonyl (C=O) groups is 1. The van der Waals surface area contributed by atoms with E-state index >= 15 is 0 Å². The van der Waals surface area contributed by atoms with Gasteiger partial charge in [-0.15, -0.1) is 0 Å². The third-order valence-corrected chi connectivity index (χ3v) is 5.14. The molecule has 0 radical (unpaired) electrons. The van der Waals surface area contributed by atoms with Gasteiger partial charge in [0.25, 0.3) is 0 Å². The summed E-state index contributed by atoms with van der Waals surface area (Å²) in [6.45, 7) is 6.73. The minimum Gasteiger partial charge on any atom is -0.497 e. The van der Waals surface area contributed by atoms with Crippen molar-refractivity contribution in [1.82, 2.24) is 10.2 Å². The van der Waals surface area contributed by atoms with Gasteiger partial charge >= 0.3 is 0 Å². The van der Waals surface area contributed by atoms with Crippen LogP contribution in [0.4, 0.5) is 0 Å². The van der Waals surface area contributed by atoms with Gasteiger partial charge in [-0.2, -0.15) is 0 Å². The molecule has 0 aliphatic heterocycles. The van der Waals surface area contributed by atoms with Crippen molar-refractivity contribution < 1.29 is 13.9 Å². The molecule has 148 valence electrons. The zero-order chi connectivity index (χ0) is 19.9. The van der Waals surface area contributed by atoms with E-state index in [1.54, 1.807) is 13.4 Å². The number of carbonyl (C=O) groups excluding carboxylic acids is 1. The summed E-state index contributed by atoms with van der Waals surface area (Å²) in [5, 5.41) is 4.05. The lowest BCUT2D eigenvalue weighted by atomic mass is 10.0. The molecule has 3 rings (SSSR count). The molecule has 1 amide bonds. The Bertz CT molecular complexity index is 901. The van der Waals surface area contributed by atoms with Crippen LogP contribution in [0, 0.1) is 0 Å². The fourth-order valence-corrected chi connectivity index (χ4v) is 3.57. The summed E-state index contributed by atoms with van der Waals surface area (Å²) in [6, 6.07) is 16.1. The van der Waals surface area contributed by atoms with Crippen LogP contribution >= 0.6 is 0 Å². The highest BCUT2D eigenvalue weighted by molar-refractivity contribution is 5.88. The molecule has 28 heavy (non-hydrogen) atoms. The molecular weight excluding hydrogens is 352 g/mol. The average Bonchev–Trinajstić information content (AvgIpc) is 3.13. The maximum atomic E-state index is 12.6. The van der Waals surface area contributed by atoms with Gasteiger partial charge in [0.05, 0.1) is 25.8 Å². The summed E-state index contributed by atoms with van der Waals surface area (Å²) in [6.07, 6.45) is 1.95. The molecule has 0 unspecified atom stereocenters. The lowest BCUT2D eigenvalue weighted by Crippen LogP contribution is -2.38. The van der Waals surface area contributed by atoms with E-state index in [-0.39, 0.29) is 11.9 Å². The van der Waals surface area contributed by atoms with Gasteiger partial charge in [-0.1, -0.05) is 44.2 Å². The van der Waals surface area contributed by atoms with E-state index in [9.17, 15) is 4.79 Å². The minimum absolute atomic E-state index is 0.00777. The zero-order valence-corrected chi connectivity index (χ0v) is 16.8. The summed E-state index contributed by atoms with van der Waals surface area (Å²) >= 11 is 0. The molecule has 1 heterocycles. The number of amides is 1. The molecule has 0 bridgehead atoms. The SMILES string of the molecule is CCN(CC)[C@H](CNC(=O)Cc1coc2cc(OC)ccc12)c1ccccc1. The number of hydrogen-bond acceptors (Lipinski definition) is 4. The number of hydrogen-bond donors (Lipinski definition) is 1. The van der Waals surface area contributed by atoms with E-state index < -0.39 is 0 Å². The Balaban J connectivity index is 1.68. The van der Waals surface area contributed by atoms with Gasteiger partial charge in [-0.3, -0.25) is 9.69 Å². The van der Waals surface area contributed by atoms with Gasteiger partial charge in [0, 0.05) is 23.6 Å². The fourth-order valence-electron chi connectivity index (χ4n) is 3.57. The molecule has 0 spiro atoms. The van der Waals surface area contributed by atoms with Crippen molar-refractivity contribution in [2.45, 2.75) is 26.3 Å². The summed E-state index contributed by atoms with van der Waals surface area (Å²) in [4.78, 5) is 15.0. The lowest BCUT2D eigenvalue weighted by Gasteiger charge is -2.30. The van der Waals surface area contributed by atoms with Crippen LogP contribution in [-0.2, 0) is 11.2 Å². The molecule has 1 N–H and O–H groups in total. The Morgan fingerprint density at radius 2 is 1.89 bits per heavy atom. The lowest BCUT2D eigenvalue weighted by molar-refractivity contribution is -0.120. The molecule has 5 heteroatoms. The summed E-state index contributed by atoms with van der Waals surface area (Å²) in [5.74, 6) is 0.731. The Morgan fingerprint density at radius 1 is 1.14 bits per heavy atom. The van der Waals surface area contributed by atoms with Gasteiger partial charge in [-0.25, -0.2) is 0 Å². The Hall–Kier alpha value is -2.79. The van der Waals surface area contributed by atoms with Crippen LogP contribution in [0.2, 0.25) is 0 Å². The molecule has 0 saturated heterocycles. The first kappa shape index (κ1) is 20.0.